The van der Waals surface area contributed by atoms with E-state index in [2.05, 4.69) is 10.1 Å². The summed E-state index contributed by atoms with van der Waals surface area (Å²) in [5.74, 6) is -2.54. The maximum absolute atomic E-state index is 12.3. The summed E-state index contributed by atoms with van der Waals surface area (Å²) >= 11 is 0. The van der Waals surface area contributed by atoms with Crippen molar-refractivity contribution < 1.29 is 24.2 Å². The number of hydrogen-bond donors (Lipinski definition) is 2. The first-order valence-corrected chi connectivity index (χ1v) is 6.61. The number of hydrogen-bond acceptors (Lipinski definition) is 4. The molecular formula is C16H15NO5. The van der Waals surface area contributed by atoms with Crippen LogP contribution >= 0.6 is 0 Å². The maximum Gasteiger partial charge on any atom is 0.326 e. The van der Waals surface area contributed by atoms with Crippen LogP contribution in [0.4, 0.5) is 0 Å². The molecule has 1 atom stereocenters. The number of amides is 1. The van der Waals surface area contributed by atoms with Crippen LogP contribution in [0.1, 0.15) is 16.8 Å². The minimum atomic E-state index is -1.33. The molecule has 0 fully saturated rings. The van der Waals surface area contributed by atoms with Crippen LogP contribution in [-0.2, 0) is 14.3 Å². The van der Waals surface area contributed by atoms with Gasteiger partial charge in [-0.25, -0.2) is 4.79 Å². The van der Waals surface area contributed by atoms with E-state index in [0.717, 1.165) is 12.5 Å². The van der Waals surface area contributed by atoms with E-state index >= 15 is 0 Å². The second kappa shape index (κ2) is 6.71. The lowest BCUT2D eigenvalue weighted by atomic mass is 10.0. The molecule has 0 bridgehead atoms. The topological polar surface area (TPSA) is 92.7 Å². The van der Waals surface area contributed by atoms with Gasteiger partial charge in [0.05, 0.1) is 13.5 Å². The average Bonchev–Trinajstić information content (AvgIpc) is 2.53. The van der Waals surface area contributed by atoms with Crippen LogP contribution in [0.5, 0.6) is 0 Å². The van der Waals surface area contributed by atoms with Gasteiger partial charge in [-0.3, -0.25) is 9.59 Å². The molecule has 0 spiro atoms. The Bertz CT molecular complexity index is 720. The molecule has 1 amide bonds. The lowest BCUT2D eigenvalue weighted by Crippen LogP contribution is -2.42. The zero-order valence-electron chi connectivity index (χ0n) is 11.9. The van der Waals surface area contributed by atoms with Gasteiger partial charge < -0.3 is 15.2 Å². The predicted molar refractivity (Wildman–Crippen MR) is 79.5 cm³/mol. The van der Waals surface area contributed by atoms with Crippen molar-refractivity contribution in [3.05, 3.63) is 48.0 Å². The van der Waals surface area contributed by atoms with Gasteiger partial charge in [-0.2, -0.15) is 0 Å². The van der Waals surface area contributed by atoms with E-state index in [1.165, 1.54) is 0 Å². The van der Waals surface area contributed by atoms with E-state index in [4.69, 9.17) is 5.11 Å². The molecule has 2 aromatic carbocycles. The molecule has 2 N–H and O–H groups in total. The Morgan fingerprint density at radius 1 is 1.14 bits per heavy atom. The summed E-state index contributed by atoms with van der Waals surface area (Å²) < 4.78 is 4.43. The minimum Gasteiger partial charge on any atom is -0.480 e. The van der Waals surface area contributed by atoms with E-state index in [9.17, 15) is 14.4 Å². The molecule has 0 saturated carbocycles. The first-order valence-electron chi connectivity index (χ1n) is 6.61. The molecule has 0 unspecified atom stereocenters. The monoisotopic (exact) mass is 301 g/mol. The Kier molecular flexibility index (Phi) is 4.73. The third-order valence-electron chi connectivity index (χ3n) is 3.24. The summed E-state index contributed by atoms with van der Waals surface area (Å²) in [5.41, 5.74) is 0.356. The second-order valence-corrected chi connectivity index (χ2v) is 4.67. The third kappa shape index (κ3) is 3.41. The van der Waals surface area contributed by atoms with E-state index < -0.39 is 30.3 Å². The number of carbonyl (C=O) groups excluding carboxylic acids is 2. The number of benzene rings is 2. The number of ether oxygens (including phenoxy) is 1. The van der Waals surface area contributed by atoms with Gasteiger partial charge in [0, 0.05) is 5.56 Å². The molecule has 6 heteroatoms. The molecule has 0 radical (unpaired) electrons. The number of methoxy groups -OCH3 is 1. The minimum absolute atomic E-state index is 0.356. The number of aliphatic carboxylic acids is 1. The standard InChI is InChI=1S/C16H15NO5/c1-22-14(18)9-13(16(20)21)17-15(19)12-8-4-6-10-5-2-3-7-11(10)12/h2-8,13H,9H2,1H3,(H,17,19)(H,20,21)/t13-/m0/s1. The Labute approximate surface area is 126 Å². The van der Waals surface area contributed by atoms with Crippen LogP contribution in [0.2, 0.25) is 0 Å². The molecular weight excluding hydrogens is 286 g/mol. The number of fused-ring (bicyclic) bond motifs is 1. The number of nitrogens with one attached hydrogen (secondary N) is 1. The SMILES string of the molecule is COC(=O)C[C@H](NC(=O)c1cccc2ccccc12)C(=O)O. The van der Waals surface area contributed by atoms with Crippen molar-refractivity contribution in [3.8, 4) is 0 Å². The third-order valence-corrected chi connectivity index (χ3v) is 3.24. The summed E-state index contributed by atoms with van der Waals surface area (Å²) in [6.07, 6.45) is -0.428. The van der Waals surface area contributed by atoms with Crippen LogP contribution in [-0.4, -0.2) is 36.1 Å². The van der Waals surface area contributed by atoms with Gasteiger partial charge in [0.2, 0.25) is 0 Å². The second-order valence-electron chi connectivity index (χ2n) is 4.67. The number of esters is 1. The fourth-order valence-electron chi connectivity index (χ4n) is 2.11. The maximum atomic E-state index is 12.3. The summed E-state index contributed by atoms with van der Waals surface area (Å²) in [5, 5.41) is 13.0. The normalized spacial score (nSPS) is 11.7. The van der Waals surface area contributed by atoms with Crippen molar-refractivity contribution >= 4 is 28.6 Å². The van der Waals surface area contributed by atoms with E-state index in [-0.39, 0.29) is 0 Å². The molecule has 0 aliphatic rings. The Morgan fingerprint density at radius 3 is 2.50 bits per heavy atom. The summed E-state index contributed by atoms with van der Waals surface area (Å²) in [7, 11) is 1.16. The zero-order chi connectivity index (χ0) is 16.1. The Balaban J connectivity index is 2.26. The van der Waals surface area contributed by atoms with Gasteiger partial charge >= 0.3 is 11.9 Å². The van der Waals surface area contributed by atoms with Crippen LogP contribution in [0.15, 0.2) is 42.5 Å². The highest BCUT2D eigenvalue weighted by Gasteiger charge is 2.24. The van der Waals surface area contributed by atoms with Gasteiger partial charge in [0.25, 0.3) is 5.91 Å². The molecule has 2 aromatic rings. The van der Waals surface area contributed by atoms with Gasteiger partial charge in [-0.15, -0.1) is 0 Å². The average molecular weight is 301 g/mol. The summed E-state index contributed by atoms with van der Waals surface area (Å²) in [6.45, 7) is 0. The molecule has 114 valence electrons. The number of carbonyl (C=O) groups is 3. The molecule has 6 nitrogen and oxygen atoms in total. The molecule has 2 rings (SSSR count). The van der Waals surface area contributed by atoms with Crippen molar-refractivity contribution in [2.24, 2.45) is 0 Å². The van der Waals surface area contributed by atoms with Crippen molar-refractivity contribution in [3.63, 3.8) is 0 Å². The number of carboxylic acid groups (broad SMARTS) is 1. The molecule has 0 aliphatic heterocycles. The number of carboxylic acids is 1. The largest absolute Gasteiger partial charge is 0.480 e. The van der Waals surface area contributed by atoms with Gasteiger partial charge in [0.15, 0.2) is 0 Å². The molecule has 0 aliphatic carbocycles. The van der Waals surface area contributed by atoms with Gasteiger partial charge in [-0.05, 0) is 16.8 Å². The summed E-state index contributed by atoms with van der Waals surface area (Å²) in [4.78, 5) is 34.7. The molecule has 0 saturated heterocycles. The van der Waals surface area contributed by atoms with Crippen molar-refractivity contribution in [1.82, 2.24) is 5.32 Å². The van der Waals surface area contributed by atoms with Crippen LogP contribution in [0, 0.1) is 0 Å². The first-order chi connectivity index (χ1) is 10.5. The fourth-order valence-corrected chi connectivity index (χ4v) is 2.11. The highest BCUT2D eigenvalue weighted by Crippen LogP contribution is 2.18. The van der Waals surface area contributed by atoms with Crippen molar-refractivity contribution in [2.75, 3.05) is 7.11 Å². The predicted octanol–water partition coefficient (Wildman–Crippen LogP) is 1.59. The summed E-state index contributed by atoms with van der Waals surface area (Å²) in [6, 6.07) is 11.1. The first kappa shape index (κ1) is 15.5. The Morgan fingerprint density at radius 2 is 1.82 bits per heavy atom. The number of rotatable bonds is 5. The van der Waals surface area contributed by atoms with Crippen molar-refractivity contribution in [2.45, 2.75) is 12.5 Å². The molecule has 0 heterocycles. The molecule has 22 heavy (non-hydrogen) atoms. The Hall–Kier alpha value is -2.89. The van der Waals surface area contributed by atoms with E-state index in [0.29, 0.717) is 10.9 Å². The van der Waals surface area contributed by atoms with E-state index in [1.807, 2.05) is 18.2 Å². The quantitative estimate of drug-likeness (QED) is 0.818. The highest BCUT2D eigenvalue weighted by molar-refractivity contribution is 6.08. The van der Waals surface area contributed by atoms with Crippen LogP contribution in [0.25, 0.3) is 10.8 Å². The van der Waals surface area contributed by atoms with Crippen molar-refractivity contribution in [1.29, 1.82) is 0 Å². The zero-order valence-corrected chi connectivity index (χ0v) is 11.9. The lowest BCUT2D eigenvalue weighted by Gasteiger charge is -2.14. The van der Waals surface area contributed by atoms with Gasteiger partial charge in [0.1, 0.15) is 6.04 Å². The van der Waals surface area contributed by atoms with Crippen LogP contribution < -0.4 is 5.32 Å². The lowest BCUT2D eigenvalue weighted by molar-refractivity contribution is -0.147. The van der Waals surface area contributed by atoms with Gasteiger partial charge in [-0.1, -0.05) is 36.4 Å². The smallest absolute Gasteiger partial charge is 0.326 e. The molecule has 0 aromatic heterocycles. The fraction of sp³-hybridized carbons (Fsp3) is 0.188. The van der Waals surface area contributed by atoms with E-state index in [1.54, 1.807) is 24.3 Å². The van der Waals surface area contributed by atoms with Crippen LogP contribution in [0.3, 0.4) is 0 Å². The highest BCUT2D eigenvalue weighted by atomic mass is 16.5.